The first-order valence-corrected chi connectivity index (χ1v) is 11.1. The molecule has 0 saturated carbocycles. The standard InChI is InChI=1S/C22H27N9O/c32-22(29-12-10-28(11-13-29)15-19-5-1-2-8-24-19)18-4-3-9-30(14-18)20-6-7-21(27-26-20)31-17-23-16-25-31/h1-2,5-8,16-18H,3-4,9-15H2. The zero-order valence-electron chi connectivity index (χ0n) is 18.0. The summed E-state index contributed by atoms with van der Waals surface area (Å²) in [6.45, 7) is 5.72. The number of nitrogens with zero attached hydrogens (tertiary/aromatic N) is 9. The summed E-state index contributed by atoms with van der Waals surface area (Å²) in [4.78, 5) is 28.1. The van der Waals surface area contributed by atoms with Crippen LogP contribution in [-0.2, 0) is 11.3 Å². The molecule has 0 aliphatic carbocycles. The zero-order valence-corrected chi connectivity index (χ0v) is 18.0. The molecule has 32 heavy (non-hydrogen) atoms. The third-order valence-electron chi connectivity index (χ3n) is 6.18. The van der Waals surface area contributed by atoms with Gasteiger partial charge < -0.3 is 9.80 Å². The minimum atomic E-state index is 0.00267. The Morgan fingerprint density at radius 2 is 1.84 bits per heavy atom. The first-order valence-electron chi connectivity index (χ1n) is 11.1. The molecule has 1 atom stereocenters. The largest absolute Gasteiger partial charge is 0.354 e. The SMILES string of the molecule is O=C(C1CCCN(c2ccc(-n3cncn3)nn2)C1)N1CCN(Cc2ccccn2)CC1. The van der Waals surface area contributed by atoms with E-state index in [1.54, 1.807) is 11.0 Å². The van der Waals surface area contributed by atoms with Crippen molar-refractivity contribution in [3.63, 3.8) is 0 Å². The Morgan fingerprint density at radius 3 is 2.56 bits per heavy atom. The van der Waals surface area contributed by atoms with E-state index in [0.29, 0.717) is 12.4 Å². The fourth-order valence-corrected chi connectivity index (χ4v) is 4.43. The molecule has 2 aliphatic heterocycles. The Labute approximate surface area is 186 Å². The van der Waals surface area contributed by atoms with E-state index in [9.17, 15) is 4.79 Å². The fraction of sp³-hybridized carbons (Fsp3) is 0.455. The van der Waals surface area contributed by atoms with Gasteiger partial charge in [0.05, 0.1) is 11.6 Å². The molecule has 1 unspecified atom stereocenters. The fourth-order valence-electron chi connectivity index (χ4n) is 4.43. The van der Waals surface area contributed by atoms with Crippen LogP contribution in [0.3, 0.4) is 0 Å². The number of piperazine rings is 1. The maximum Gasteiger partial charge on any atom is 0.227 e. The van der Waals surface area contributed by atoms with Gasteiger partial charge >= 0.3 is 0 Å². The van der Waals surface area contributed by atoms with Crippen molar-refractivity contribution in [2.24, 2.45) is 5.92 Å². The second-order valence-corrected chi connectivity index (χ2v) is 8.30. The van der Waals surface area contributed by atoms with Gasteiger partial charge in [0.15, 0.2) is 11.6 Å². The third-order valence-corrected chi connectivity index (χ3v) is 6.18. The number of anilines is 1. The molecule has 0 N–H and O–H groups in total. The van der Waals surface area contributed by atoms with Gasteiger partial charge in [0, 0.05) is 52.0 Å². The molecule has 0 radical (unpaired) electrons. The molecular weight excluding hydrogens is 406 g/mol. The number of piperidine rings is 1. The third kappa shape index (κ3) is 4.59. The van der Waals surface area contributed by atoms with Gasteiger partial charge in [0.25, 0.3) is 0 Å². The Kier molecular flexibility index (Phi) is 6.02. The Balaban J connectivity index is 1.15. The first kappa shape index (κ1) is 20.5. The number of pyridine rings is 1. The molecule has 0 bridgehead atoms. The summed E-state index contributed by atoms with van der Waals surface area (Å²) in [5.41, 5.74) is 1.08. The van der Waals surface area contributed by atoms with Crippen LogP contribution < -0.4 is 4.90 Å². The predicted molar refractivity (Wildman–Crippen MR) is 118 cm³/mol. The number of aromatic nitrogens is 6. The average molecular weight is 434 g/mol. The van der Waals surface area contributed by atoms with Crippen LogP contribution in [0.15, 0.2) is 49.2 Å². The van der Waals surface area contributed by atoms with E-state index in [1.807, 2.05) is 35.4 Å². The number of carbonyl (C=O) groups excluding carboxylic acids is 1. The normalized spacial score (nSPS) is 19.8. The van der Waals surface area contributed by atoms with E-state index >= 15 is 0 Å². The van der Waals surface area contributed by atoms with Crippen LogP contribution in [0.25, 0.3) is 5.82 Å². The Hall–Kier alpha value is -3.40. The highest BCUT2D eigenvalue weighted by Crippen LogP contribution is 2.24. The second-order valence-electron chi connectivity index (χ2n) is 8.30. The molecule has 5 heterocycles. The second kappa shape index (κ2) is 9.39. The molecule has 3 aromatic rings. The molecule has 2 aliphatic rings. The number of rotatable bonds is 5. The van der Waals surface area contributed by atoms with Crippen molar-refractivity contribution in [2.75, 3.05) is 44.2 Å². The highest BCUT2D eigenvalue weighted by Gasteiger charge is 2.31. The zero-order chi connectivity index (χ0) is 21.8. The van der Waals surface area contributed by atoms with E-state index in [2.05, 4.69) is 41.1 Å². The predicted octanol–water partition coefficient (Wildman–Crippen LogP) is 1.01. The van der Waals surface area contributed by atoms with Crippen LogP contribution in [-0.4, -0.2) is 84.9 Å². The lowest BCUT2D eigenvalue weighted by Crippen LogP contribution is -2.52. The monoisotopic (exact) mass is 433 g/mol. The van der Waals surface area contributed by atoms with Gasteiger partial charge in [-0.3, -0.25) is 14.7 Å². The highest BCUT2D eigenvalue weighted by atomic mass is 16.2. The van der Waals surface area contributed by atoms with E-state index in [4.69, 9.17) is 0 Å². The molecule has 0 spiro atoms. The summed E-state index contributed by atoms with van der Waals surface area (Å²) in [5.74, 6) is 1.69. The van der Waals surface area contributed by atoms with Gasteiger partial charge in [-0.15, -0.1) is 10.2 Å². The molecule has 3 aromatic heterocycles. The van der Waals surface area contributed by atoms with Crippen molar-refractivity contribution in [1.29, 1.82) is 0 Å². The van der Waals surface area contributed by atoms with Gasteiger partial charge in [0.2, 0.25) is 5.91 Å². The first-order chi connectivity index (χ1) is 15.8. The summed E-state index contributed by atoms with van der Waals surface area (Å²) >= 11 is 0. The molecule has 5 rings (SSSR count). The highest BCUT2D eigenvalue weighted by molar-refractivity contribution is 5.80. The summed E-state index contributed by atoms with van der Waals surface area (Å²) in [6.07, 6.45) is 6.79. The molecule has 166 valence electrons. The van der Waals surface area contributed by atoms with Gasteiger partial charge in [-0.25, -0.2) is 9.67 Å². The minimum Gasteiger partial charge on any atom is -0.354 e. The average Bonchev–Trinajstić information content (AvgIpc) is 3.40. The summed E-state index contributed by atoms with van der Waals surface area (Å²) in [5, 5.41) is 12.7. The van der Waals surface area contributed by atoms with Crippen molar-refractivity contribution in [2.45, 2.75) is 19.4 Å². The molecule has 10 nitrogen and oxygen atoms in total. The van der Waals surface area contributed by atoms with E-state index < -0.39 is 0 Å². The van der Waals surface area contributed by atoms with Gasteiger partial charge in [-0.2, -0.15) is 5.10 Å². The summed E-state index contributed by atoms with van der Waals surface area (Å²) in [6, 6.07) is 9.82. The quantitative estimate of drug-likeness (QED) is 0.588. The Bertz CT molecular complexity index is 1000. The number of hydrogen-bond acceptors (Lipinski definition) is 8. The number of amides is 1. The topological polar surface area (TPSA) is 96.2 Å². The van der Waals surface area contributed by atoms with Crippen LogP contribution in [0, 0.1) is 5.92 Å². The van der Waals surface area contributed by atoms with Crippen molar-refractivity contribution < 1.29 is 4.79 Å². The molecule has 1 amide bonds. The summed E-state index contributed by atoms with van der Waals surface area (Å²) in [7, 11) is 0. The number of hydrogen-bond donors (Lipinski definition) is 0. The van der Waals surface area contributed by atoms with Crippen molar-refractivity contribution in [3.8, 4) is 5.82 Å². The molecule has 2 fully saturated rings. The van der Waals surface area contributed by atoms with Crippen LogP contribution in [0.2, 0.25) is 0 Å². The summed E-state index contributed by atoms with van der Waals surface area (Å²) < 4.78 is 1.58. The van der Waals surface area contributed by atoms with Crippen molar-refractivity contribution in [3.05, 3.63) is 54.9 Å². The minimum absolute atomic E-state index is 0.00267. The van der Waals surface area contributed by atoms with Crippen LogP contribution in [0.4, 0.5) is 5.82 Å². The smallest absolute Gasteiger partial charge is 0.227 e. The van der Waals surface area contributed by atoms with E-state index in [0.717, 1.165) is 63.6 Å². The number of carbonyl (C=O) groups is 1. The van der Waals surface area contributed by atoms with Crippen molar-refractivity contribution in [1.82, 2.24) is 39.7 Å². The molecule has 10 heteroatoms. The lowest BCUT2D eigenvalue weighted by atomic mass is 9.96. The van der Waals surface area contributed by atoms with E-state index in [1.165, 1.54) is 6.33 Å². The Morgan fingerprint density at radius 1 is 1.00 bits per heavy atom. The van der Waals surface area contributed by atoms with Gasteiger partial charge in [-0.1, -0.05) is 6.07 Å². The lowest BCUT2D eigenvalue weighted by molar-refractivity contribution is -0.137. The van der Waals surface area contributed by atoms with Crippen LogP contribution in [0.1, 0.15) is 18.5 Å². The van der Waals surface area contributed by atoms with Crippen LogP contribution in [0.5, 0.6) is 0 Å². The maximum absolute atomic E-state index is 13.2. The van der Waals surface area contributed by atoms with Gasteiger partial charge in [0.1, 0.15) is 12.7 Å². The van der Waals surface area contributed by atoms with Crippen molar-refractivity contribution >= 4 is 11.7 Å². The lowest BCUT2D eigenvalue weighted by Gasteiger charge is -2.39. The molecular formula is C22H27N9O. The van der Waals surface area contributed by atoms with Crippen LogP contribution >= 0.6 is 0 Å². The maximum atomic E-state index is 13.2. The van der Waals surface area contributed by atoms with Gasteiger partial charge in [-0.05, 0) is 37.1 Å². The molecule has 2 saturated heterocycles. The van der Waals surface area contributed by atoms with E-state index in [-0.39, 0.29) is 11.8 Å². The molecule has 0 aromatic carbocycles.